The smallest absolute Gasteiger partial charge is 0.241 e. The number of carbonyl (C=O) groups is 1. The molecule has 32 heavy (non-hydrogen) atoms. The van der Waals surface area contributed by atoms with Gasteiger partial charge < -0.3 is 4.90 Å². The number of aryl methyl sites for hydroxylation is 2. The number of nitrogens with two attached hydrogens (primary N) is 1. The molecule has 1 amide bonds. The highest BCUT2D eigenvalue weighted by Gasteiger charge is 2.33. The van der Waals surface area contributed by atoms with Crippen molar-refractivity contribution in [1.29, 1.82) is 0 Å². The third-order valence-electron chi connectivity index (χ3n) is 6.89. The molecular weight excluding hydrogens is 422 g/mol. The van der Waals surface area contributed by atoms with Gasteiger partial charge in [0.05, 0.1) is 11.4 Å². The van der Waals surface area contributed by atoms with Crippen molar-refractivity contribution in [1.82, 2.24) is 4.90 Å². The molecule has 7 heteroatoms. The van der Waals surface area contributed by atoms with Crippen LogP contribution in [-0.2, 0) is 27.7 Å². The molecular formula is C25H33N3O3S. The Balaban J connectivity index is 1.30. The number of rotatable bonds is 6. The summed E-state index contributed by atoms with van der Waals surface area (Å²) in [4.78, 5) is 17.3. The van der Waals surface area contributed by atoms with Crippen molar-refractivity contribution in [2.75, 3.05) is 24.5 Å². The lowest BCUT2D eigenvalue weighted by atomic mass is 9.90. The molecule has 0 radical (unpaired) electrons. The summed E-state index contributed by atoms with van der Waals surface area (Å²) in [6.45, 7) is 6.43. The Hall–Kier alpha value is -2.22. The predicted octanol–water partition coefficient (Wildman–Crippen LogP) is 3.26. The maximum absolute atomic E-state index is 13.1. The van der Waals surface area contributed by atoms with Gasteiger partial charge in [0.1, 0.15) is 0 Å². The van der Waals surface area contributed by atoms with Crippen LogP contribution in [0.2, 0.25) is 0 Å². The average Bonchev–Trinajstić information content (AvgIpc) is 3.08. The lowest BCUT2D eigenvalue weighted by molar-refractivity contribution is -0.120. The van der Waals surface area contributed by atoms with Gasteiger partial charge in [0.15, 0.2) is 0 Å². The molecule has 0 spiro atoms. The summed E-state index contributed by atoms with van der Waals surface area (Å²) in [7, 11) is -3.74. The SMILES string of the molecule is Cc1ccc(CCC2CCN(CC(=O)N3c4ccc(S(N)(=O)=O)cc4CC3C)CC2)cc1. The number of carbonyl (C=O) groups excluding carboxylic acids is 1. The van der Waals surface area contributed by atoms with Crippen LogP contribution >= 0.6 is 0 Å². The minimum Gasteiger partial charge on any atom is -0.308 e. The van der Waals surface area contributed by atoms with Gasteiger partial charge in [-0.3, -0.25) is 9.69 Å². The van der Waals surface area contributed by atoms with Crippen LogP contribution in [0.15, 0.2) is 47.4 Å². The Bertz CT molecular complexity index is 1070. The van der Waals surface area contributed by atoms with E-state index in [0.717, 1.165) is 43.6 Å². The number of amides is 1. The van der Waals surface area contributed by atoms with Gasteiger partial charge in [-0.1, -0.05) is 29.8 Å². The van der Waals surface area contributed by atoms with Crippen molar-refractivity contribution in [2.45, 2.75) is 56.9 Å². The van der Waals surface area contributed by atoms with E-state index >= 15 is 0 Å². The first kappa shape index (κ1) is 23.0. The minimum atomic E-state index is -3.74. The lowest BCUT2D eigenvalue weighted by Crippen LogP contribution is -2.45. The van der Waals surface area contributed by atoms with Crippen LogP contribution in [0, 0.1) is 12.8 Å². The fourth-order valence-corrected chi connectivity index (χ4v) is 5.55. The molecule has 172 valence electrons. The van der Waals surface area contributed by atoms with Gasteiger partial charge in [0.25, 0.3) is 0 Å². The molecule has 0 aromatic heterocycles. The number of hydrogen-bond acceptors (Lipinski definition) is 4. The summed E-state index contributed by atoms with van der Waals surface area (Å²) >= 11 is 0. The molecule has 2 aromatic rings. The molecule has 2 N–H and O–H groups in total. The maximum atomic E-state index is 13.1. The number of piperidine rings is 1. The number of hydrogen-bond donors (Lipinski definition) is 1. The zero-order valence-corrected chi connectivity index (χ0v) is 19.8. The predicted molar refractivity (Wildman–Crippen MR) is 127 cm³/mol. The summed E-state index contributed by atoms with van der Waals surface area (Å²) in [5.41, 5.74) is 4.38. The zero-order valence-electron chi connectivity index (χ0n) is 19.0. The Morgan fingerprint density at radius 2 is 1.78 bits per heavy atom. The first-order valence-corrected chi connectivity index (χ1v) is 13.0. The molecule has 1 saturated heterocycles. The Kier molecular flexibility index (Phi) is 6.70. The minimum absolute atomic E-state index is 0.0141. The van der Waals surface area contributed by atoms with E-state index < -0.39 is 10.0 Å². The van der Waals surface area contributed by atoms with Crippen LogP contribution in [-0.4, -0.2) is 44.9 Å². The molecule has 0 aliphatic carbocycles. The first-order chi connectivity index (χ1) is 15.2. The molecule has 0 bridgehead atoms. The van der Waals surface area contributed by atoms with E-state index in [1.54, 1.807) is 12.1 Å². The maximum Gasteiger partial charge on any atom is 0.241 e. The quantitative estimate of drug-likeness (QED) is 0.725. The van der Waals surface area contributed by atoms with Gasteiger partial charge >= 0.3 is 0 Å². The monoisotopic (exact) mass is 455 g/mol. The summed E-state index contributed by atoms with van der Waals surface area (Å²) in [5.74, 6) is 0.795. The number of anilines is 1. The van der Waals surface area contributed by atoms with Gasteiger partial charge in [-0.2, -0.15) is 0 Å². The van der Waals surface area contributed by atoms with Crippen LogP contribution in [0.3, 0.4) is 0 Å². The van der Waals surface area contributed by atoms with E-state index in [1.165, 1.54) is 23.6 Å². The Morgan fingerprint density at radius 1 is 1.09 bits per heavy atom. The fraction of sp³-hybridized carbons (Fsp3) is 0.480. The van der Waals surface area contributed by atoms with Crippen LogP contribution < -0.4 is 10.0 Å². The second-order valence-corrected chi connectivity index (χ2v) is 11.0. The first-order valence-electron chi connectivity index (χ1n) is 11.5. The molecule has 6 nitrogen and oxygen atoms in total. The molecule has 0 saturated carbocycles. The third-order valence-corrected chi connectivity index (χ3v) is 7.80. The molecule has 2 aromatic carbocycles. The highest BCUT2D eigenvalue weighted by Crippen LogP contribution is 2.34. The van der Waals surface area contributed by atoms with Crippen LogP contribution in [0.1, 0.15) is 42.9 Å². The van der Waals surface area contributed by atoms with Crippen molar-refractivity contribution in [3.63, 3.8) is 0 Å². The largest absolute Gasteiger partial charge is 0.308 e. The number of nitrogens with zero attached hydrogens (tertiary/aromatic N) is 2. The molecule has 2 aliphatic heterocycles. The standard InChI is InChI=1S/C25H33N3O3S/c1-18-3-5-20(6-4-18)7-8-21-11-13-27(14-12-21)17-25(29)28-19(2)15-22-16-23(32(26,30)31)9-10-24(22)28/h3-6,9-10,16,19,21H,7-8,11-15,17H2,1-2H3,(H2,26,30,31). The van der Waals surface area contributed by atoms with Crippen molar-refractivity contribution in [2.24, 2.45) is 11.1 Å². The normalized spacial score (nSPS) is 19.8. The Labute approximate surface area is 191 Å². The third kappa shape index (κ3) is 5.22. The van der Waals surface area contributed by atoms with Crippen LogP contribution in [0.25, 0.3) is 0 Å². The Morgan fingerprint density at radius 3 is 2.44 bits per heavy atom. The summed E-state index contributed by atoms with van der Waals surface area (Å²) in [5, 5.41) is 5.26. The summed E-state index contributed by atoms with van der Waals surface area (Å²) < 4.78 is 23.3. The van der Waals surface area contributed by atoms with Crippen molar-refractivity contribution in [3.05, 3.63) is 59.2 Å². The van der Waals surface area contributed by atoms with Crippen LogP contribution in [0.5, 0.6) is 0 Å². The molecule has 1 atom stereocenters. The fourth-order valence-electron chi connectivity index (χ4n) is 4.99. The topological polar surface area (TPSA) is 83.7 Å². The molecule has 4 rings (SSSR count). The van der Waals surface area contributed by atoms with Crippen molar-refractivity contribution < 1.29 is 13.2 Å². The lowest BCUT2D eigenvalue weighted by Gasteiger charge is -2.33. The number of primary sulfonamides is 1. The van der Waals surface area contributed by atoms with E-state index in [0.29, 0.717) is 18.9 Å². The van der Waals surface area contributed by atoms with Gasteiger partial charge in [-0.25, -0.2) is 13.6 Å². The van der Waals surface area contributed by atoms with Gasteiger partial charge in [-0.15, -0.1) is 0 Å². The number of likely N-dealkylation sites (tertiary alicyclic amines) is 1. The van der Waals surface area contributed by atoms with Crippen molar-refractivity contribution in [3.8, 4) is 0 Å². The summed E-state index contributed by atoms with van der Waals surface area (Å²) in [6.07, 6.45) is 5.22. The average molecular weight is 456 g/mol. The number of benzene rings is 2. The molecule has 2 aliphatic rings. The van der Waals surface area contributed by atoms with E-state index in [4.69, 9.17) is 5.14 Å². The van der Waals surface area contributed by atoms with Gasteiger partial charge in [0.2, 0.25) is 15.9 Å². The molecule has 1 unspecified atom stereocenters. The van der Waals surface area contributed by atoms with E-state index in [-0.39, 0.29) is 16.8 Å². The van der Waals surface area contributed by atoms with E-state index in [9.17, 15) is 13.2 Å². The summed E-state index contributed by atoms with van der Waals surface area (Å²) in [6, 6.07) is 13.6. The van der Waals surface area contributed by atoms with Gasteiger partial charge in [0, 0.05) is 11.7 Å². The van der Waals surface area contributed by atoms with Gasteiger partial charge in [-0.05, 0) is 94.3 Å². The van der Waals surface area contributed by atoms with Crippen LogP contribution in [0.4, 0.5) is 5.69 Å². The number of sulfonamides is 1. The number of fused-ring (bicyclic) bond motifs is 1. The van der Waals surface area contributed by atoms with E-state index in [1.807, 2.05) is 11.8 Å². The highest BCUT2D eigenvalue weighted by atomic mass is 32.2. The zero-order chi connectivity index (χ0) is 22.9. The molecule has 1 fully saturated rings. The van der Waals surface area contributed by atoms with Crippen molar-refractivity contribution >= 4 is 21.6 Å². The highest BCUT2D eigenvalue weighted by molar-refractivity contribution is 7.89. The second-order valence-electron chi connectivity index (χ2n) is 9.40. The van der Waals surface area contributed by atoms with E-state index in [2.05, 4.69) is 36.1 Å². The second kappa shape index (κ2) is 9.33. The molecule has 2 heterocycles.